The molecule has 1 aliphatic carbocycles. The van der Waals surface area contributed by atoms with Gasteiger partial charge in [0.05, 0.1) is 18.6 Å². The van der Waals surface area contributed by atoms with Crippen LogP contribution in [0.2, 0.25) is 0 Å². The summed E-state index contributed by atoms with van der Waals surface area (Å²) in [4.78, 5) is 12.8. The number of aryl methyl sites for hydroxylation is 1. The molecule has 0 aromatic heterocycles. The second-order valence-corrected chi connectivity index (χ2v) is 11.8. The van der Waals surface area contributed by atoms with Crippen molar-refractivity contribution in [3.63, 3.8) is 0 Å². The molecule has 0 heterocycles. The highest BCUT2D eigenvalue weighted by atomic mass is 28.3. The third-order valence-corrected chi connectivity index (χ3v) is 8.68. The third kappa shape index (κ3) is 5.12. The van der Waals surface area contributed by atoms with Crippen LogP contribution < -0.4 is 10.4 Å². The number of ether oxygens (including phenoxy) is 1. The number of benzene rings is 3. The van der Waals surface area contributed by atoms with Crippen LogP contribution in [-0.2, 0) is 31.4 Å². The fraction of sp³-hybridized carbons (Fsp3) is 0.345. The first-order chi connectivity index (χ1) is 15.8. The molecule has 1 atom stereocenters. The van der Waals surface area contributed by atoms with Gasteiger partial charge in [0.1, 0.15) is 0 Å². The van der Waals surface area contributed by atoms with Crippen molar-refractivity contribution in [1.82, 2.24) is 0 Å². The highest BCUT2D eigenvalue weighted by Crippen LogP contribution is 2.44. The van der Waals surface area contributed by atoms with Crippen LogP contribution in [0, 0.1) is 0 Å². The SMILES string of the molecule is CCOC(=O)CC1(O[Si](c2ccccc2)c2ccccc2)CCc2cc(C(C)(C)C)ccc21. The van der Waals surface area contributed by atoms with Crippen molar-refractivity contribution in [2.75, 3.05) is 6.61 Å². The second-order valence-electron chi connectivity index (χ2n) is 9.76. The molecule has 1 aliphatic rings. The monoisotopic (exact) mass is 457 g/mol. The van der Waals surface area contributed by atoms with Crippen molar-refractivity contribution >= 4 is 25.4 Å². The van der Waals surface area contributed by atoms with E-state index in [1.165, 1.54) is 21.5 Å². The van der Waals surface area contributed by atoms with Crippen LogP contribution in [0.4, 0.5) is 0 Å². The molecule has 4 rings (SSSR count). The molecule has 0 saturated heterocycles. The molecule has 0 aliphatic heterocycles. The van der Waals surface area contributed by atoms with Gasteiger partial charge in [-0.25, -0.2) is 0 Å². The van der Waals surface area contributed by atoms with Crippen LogP contribution in [0.25, 0.3) is 0 Å². The molecular weight excluding hydrogens is 424 g/mol. The Kier molecular flexibility index (Phi) is 6.87. The van der Waals surface area contributed by atoms with E-state index >= 15 is 0 Å². The van der Waals surface area contributed by atoms with Gasteiger partial charge in [-0.3, -0.25) is 4.79 Å². The smallest absolute Gasteiger partial charge is 0.309 e. The molecule has 1 unspecified atom stereocenters. The number of carbonyl (C=O) groups excluding carboxylic acids is 1. The summed E-state index contributed by atoms with van der Waals surface area (Å²) >= 11 is 0. The quantitative estimate of drug-likeness (QED) is 0.374. The molecule has 3 nitrogen and oxygen atoms in total. The van der Waals surface area contributed by atoms with E-state index in [4.69, 9.17) is 9.16 Å². The minimum atomic E-state index is -1.59. The number of rotatable bonds is 7. The summed E-state index contributed by atoms with van der Waals surface area (Å²) < 4.78 is 12.5. The highest BCUT2D eigenvalue weighted by molar-refractivity contribution is 6.80. The fourth-order valence-electron chi connectivity index (χ4n) is 4.61. The lowest BCUT2D eigenvalue weighted by Crippen LogP contribution is -2.50. The molecular formula is C29H33O3Si. The van der Waals surface area contributed by atoms with Gasteiger partial charge in [-0.05, 0) is 52.2 Å². The number of esters is 1. The highest BCUT2D eigenvalue weighted by Gasteiger charge is 2.45. The van der Waals surface area contributed by atoms with E-state index in [9.17, 15) is 4.79 Å². The first-order valence-corrected chi connectivity index (χ1v) is 13.2. The Labute approximate surface area is 199 Å². The maximum Gasteiger partial charge on any atom is 0.309 e. The predicted octanol–water partition coefficient (Wildman–Crippen LogP) is 4.90. The van der Waals surface area contributed by atoms with Gasteiger partial charge < -0.3 is 9.16 Å². The summed E-state index contributed by atoms with van der Waals surface area (Å²) in [5.41, 5.74) is 3.13. The number of carbonyl (C=O) groups is 1. The minimum Gasteiger partial charge on any atom is -0.466 e. The molecule has 0 fully saturated rings. The molecule has 0 amide bonds. The Morgan fingerprint density at radius 1 is 0.939 bits per heavy atom. The van der Waals surface area contributed by atoms with E-state index in [1.807, 2.05) is 19.1 Å². The van der Waals surface area contributed by atoms with E-state index in [2.05, 4.69) is 87.5 Å². The van der Waals surface area contributed by atoms with Gasteiger partial charge in [0, 0.05) is 0 Å². The maximum absolute atomic E-state index is 12.8. The van der Waals surface area contributed by atoms with Gasteiger partial charge in [0.25, 0.3) is 9.04 Å². The van der Waals surface area contributed by atoms with Crippen molar-refractivity contribution in [3.8, 4) is 0 Å². The largest absolute Gasteiger partial charge is 0.466 e. The van der Waals surface area contributed by atoms with E-state index in [0.717, 1.165) is 18.4 Å². The molecule has 33 heavy (non-hydrogen) atoms. The molecule has 0 spiro atoms. The standard InChI is InChI=1S/C29H33O3Si/c1-5-31-27(30)21-29(19-18-22-20-23(28(2,3)4)16-17-26(22)29)32-33(24-12-8-6-9-13-24)25-14-10-7-11-15-25/h6-17,20H,5,18-19,21H2,1-4H3. The van der Waals surface area contributed by atoms with E-state index in [1.54, 1.807) is 0 Å². The number of fused-ring (bicyclic) bond motifs is 1. The number of hydrogen-bond donors (Lipinski definition) is 0. The molecule has 3 aromatic carbocycles. The Morgan fingerprint density at radius 2 is 1.55 bits per heavy atom. The Balaban J connectivity index is 1.79. The molecule has 4 heteroatoms. The summed E-state index contributed by atoms with van der Waals surface area (Å²) in [5, 5.41) is 2.35. The van der Waals surface area contributed by atoms with Crippen molar-refractivity contribution in [3.05, 3.63) is 95.6 Å². The molecule has 0 N–H and O–H groups in total. The van der Waals surface area contributed by atoms with Crippen LogP contribution >= 0.6 is 0 Å². The zero-order valence-electron chi connectivity index (χ0n) is 20.1. The first-order valence-electron chi connectivity index (χ1n) is 11.8. The summed E-state index contributed by atoms with van der Waals surface area (Å²) in [6.07, 6.45) is 1.91. The fourth-order valence-corrected chi connectivity index (χ4v) is 6.85. The summed E-state index contributed by atoms with van der Waals surface area (Å²) in [5.74, 6) is -0.201. The topological polar surface area (TPSA) is 35.5 Å². The molecule has 0 saturated carbocycles. The second kappa shape index (κ2) is 9.66. The zero-order chi connectivity index (χ0) is 23.5. The van der Waals surface area contributed by atoms with Crippen LogP contribution in [0.15, 0.2) is 78.9 Å². The number of hydrogen-bond acceptors (Lipinski definition) is 3. The Morgan fingerprint density at radius 3 is 2.09 bits per heavy atom. The molecule has 171 valence electrons. The lowest BCUT2D eigenvalue weighted by molar-refractivity contribution is -0.148. The Bertz CT molecular complexity index is 1050. The normalized spacial score (nSPS) is 17.7. The minimum absolute atomic E-state index is 0.0747. The van der Waals surface area contributed by atoms with Gasteiger partial charge in [-0.2, -0.15) is 0 Å². The Hall–Kier alpha value is -2.69. The molecule has 1 radical (unpaired) electrons. The van der Waals surface area contributed by atoms with Gasteiger partial charge in [0.2, 0.25) is 0 Å². The van der Waals surface area contributed by atoms with E-state index in [0.29, 0.717) is 6.61 Å². The van der Waals surface area contributed by atoms with Crippen molar-refractivity contribution in [2.24, 2.45) is 0 Å². The van der Waals surface area contributed by atoms with Crippen LogP contribution in [0.5, 0.6) is 0 Å². The first kappa shape index (κ1) is 23.5. The van der Waals surface area contributed by atoms with E-state index in [-0.39, 0.29) is 17.8 Å². The van der Waals surface area contributed by atoms with Gasteiger partial charge in [-0.1, -0.05) is 99.6 Å². The third-order valence-electron chi connectivity index (χ3n) is 6.36. The van der Waals surface area contributed by atoms with Crippen molar-refractivity contribution in [1.29, 1.82) is 0 Å². The predicted molar refractivity (Wildman–Crippen MR) is 135 cm³/mol. The van der Waals surface area contributed by atoms with Gasteiger partial charge >= 0.3 is 5.97 Å². The van der Waals surface area contributed by atoms with Crippen LogP contribution in [-0.4, -0.2) is 21.6 Å². The van der Waals surface area contributed by atoms with Crippen LogP contribution in [0.1, 0.15) is 57.2 Å². The molecule has 0 bridgehead atoms. The lowest BCUT2D eigenvalue weighted by atomic mass is 9.84. The summed E-state index contributed by atoms with van der Waals surface area (Å²) in [6.45, 7) is 8.93. The zero-order valence-corrected chi connectivity index (χ0v) is 21.1. The average molecular weight is 458 g/mol. The average Bonchev–Trinajstić information content (AvgIpc) is 3.16. The summed E-state index contributed by atoms with van der Waals surface area (Å²) in [7, 11) is -1.59. The van der Waals surface area contributed by atoms with Crippen molar-refractivity contribution < 1.29 is 14.0 Å². The van der Waals surface area contributed by atoms with Crippen molar-refractivity contribution in [2.45, 2.75) is 58.0 Å². The molecule has 3 aromatic rings. The lowest BCUT2D eigenvalue weighted by Gasteiger charge is -2.34. The maximum atomic E-state index is 12.8. The van der Waals surface area contributed by atoms with Gasteiger partial charge in [0.15, 0.2) is 0 Å². The van der Waals surface area contributed by atoms with Crippen LogP contribution in [0.3, 0.4) is 0 Å². The van der Waals surface area contributed by atoms with E-state index < -0.39 is 14.6 Å². The summed E-state index contributed by atoms with van der Waals surface area (Å²) in [6, 6.07) is 27.5. The van der Waals surface area contributed by atoms with Gasteiger partial charge in [-0.15, -0.1) is 0 Å².